The minimum atomic E-state index is -4.35. The summed E-state index contributed by atoms with van der Waals surface area (Å²) < 4.78 is 70.9. The third-order valence-electron chi connectivity index (χ3n) is 5.01. The van der Waals surface area contributed by atoms with Gasteiger partial charge in [-0.3, -0.25) is 9.78 Å². The number of carbonyl (C=O) groups is 1. The molecule has 0 aliphatic rings. The van der Waals surface area contributed by atoms with Crippen LogP contribution >= 0.6 is 0 Å². The maximum atomic E-state index is 14.1. The monoisotopic (exact) mass is 506 g/mol. The molecule has 0 fully saturated rings. The molecule has 10 heteroatoms. The first-order chi connectivity index (χ1) is 16.2. The maximum Gasteiger partial charge on any atom is 0.306 e. The number of aromatic nitrogens is 1. The van der Waals surface area contributed by atoms with Crippen LogP contribution in [0.4, 0.5) is 13.2 Å². The van der Waals surface area contributed by atoms with E-state index in [0.29, 0.717) is 11.3 Å². The number of sulfonamides is 1. The molecule has 0 unspecified atom stereocenters. The summed E-state index contributed by atoms with van der Waals surface area (Å²) in [6, 6.07) is 9.68. The van der Waals surface area contributed by atoms with Gasteiger partial charge < -0.3 is 4.74 Å². The van der Waals surface area contributed by atoms with Gasteiger partial charge in [-0.25, -0.2) is 26.7 Å². The van der Waals surface area contributed by atoms with Crippen LogP contribution in [-0.2, 0) is 26.0 Å². The molecule has 1 atom stereocenters. The summed E-state index contributed by atoms with van der Waals surface area (Å²) in [5.74, 6) is -3.81. The molecule has 3 rings (SSSR count). The summed E-state index contributed by atoms with van der Waals surface area (Å²) in [6.45, 7) is 5.13. The Hall–Kier alpha value is -3.24. The molecule has 3 aromatic rings. The first-order valence-electron chi connectivity index (χ1n) is 10.7. The highest BCUT2D eigenvalue weighted by Crippen LogP contribution is 2.34. The molecule has 0 saturated carbocycles. The van der Waals surface area contributed by atoms with E-state index in [9.17, 15) is 26.4 Å². The van der Waals surface area contributed by atoms with Gasteiger partial charge in [-0.1, -0.05) is 12.1 Å². The molecular weight excluding hydrogens is 481 g/mol. The van der Waals surface area contributed by atoms with Crippen molar-refractivity contribution >= 4 is 16.0 Å². The lowest BCUT2D eigenvalue weighted by Gasteiger charge is -2.23. The van der Waals surface area contributed by atoms with Crippen LogP contribution in [-0.4, -0.2) is 25.0 Å². The number of primary sulfonamides is 1. The van der Waals surface area contributed by atoms with Gasteiger partial charge >= 0.3 is 5.97 Å². The molecule has 186 valence electrons. The van der Waals surface area contributed by atoms with E-state index in [-0.39, 0.29) is 24.0 Å². The fourth-order valence-corrected chi connectivity index (χ4v) is 4.37. The van der Waals surface area contributed by atoms with Gasteiger partial charge in [0.05, 0.1) is 12.1 Å². The van der Waals surface area contributed by atoms with E-state index in [2.05, 4.69) is 4.98 Å². The number of benzene rings is 2. The van der Waals surface area contributed by atoms with Gasteiger partial charge in [-0.05, 0) is 68.7 Å². The number of pyridine rings is 1. The minimum absolute atomic E-state index is 0.0289. The number of ether oxygens (including phenoxy) is 1. The Balaban J connectivity index is 2.11. The van der Waals surface area contributed by atoms with E-state index in [1.807, 2.05) is 0 Å². The Morgan fingerprint density at radius 3 is 2.31 bits per heavy atom. The molecule has 0 spiro atoms. The Bertz CT molecular complexity index is 1330. The lowest BCUT2D eigenvalue weighted by atomic mass is 9.88. The molecule has 0 radical (unpaired) electrons. The third-order valence-corrected chi connectivity index (χ3v) is 5.94. The highest BCUT2D eigenvalue weighted by atomic mass is 32.2. The summed E-state index contributed by atoms with van der Waals surface area (Å²) in [5, 5.41) is 5.14. The van der Waals surface area contributed by atoms with Gasteiger partial charge in [0, 0.05) is 23.7 Å². The van der Waals surface area contributed by atoms with Crippen molar-refractivity contribution in [3.05, 3.63) is 83.4 Å². The van der Waals surface area contributed by atoms with Crippen LogP contribution in [0.1, 0.15) is 44.4 Å². The number of carbonyl (C=O) groups excluding carboxylic acids is 1. The van der Waals surface area contributed by atoms with Gasteiger partial charge in [0.15, 0.2) is 0 Å². The van der Waals surface area contributed by atoms with Gasteiger partial charge in [-0.2, -0.15) is 0 Å². The van der Waals surface area contributed by atoms with E-state index in [0.717, 1.165) is 30.3 Å². The molecule has 0 bridgehead atoms. The van der Waals surface area contributed by atoms with Crippen LogP contribution in [0, 0.1) is 17.5 Å². The second kappa shape index (κ2) is 10.2. The van der Waals surface area contributed by atoms with E-state index in [4.69, 9.17) is 9.88 Å². The van der Waals surface area contributed by atoms with Crippen molar-refractivity contribution in [3.63, 3.8) is 0 Å². The Morgan fingerprint density at radius 2 is 1.71 bits per heavy atom. The van der Waals surface area contributed by atoms with E-state index < -0.39 is 49.9 Å². The Morgan fingerprint density at radius 1 is 1.06 bits per heavy atom. The van der Waals surface area contributed by atoms with Crippen LogP contribution in [0.3, 0.4) is 0 Å². The Labute approximate surface area is 202 Å². The zero-order valence-electron chi connectivity index (χ0n) is 19.4. The maximum absolute atomic E-state index is 14.1. The predicted octanol–water partition coefficient (Wildman–Crippen LogP) is 4.87. The van der Waals surface area contributed by atoms with Crippen LogP contribution in [0.25, 0.3) is 11.1 Å². The summed E-state index contributed by atoms with van der Waals surface area (Å²) >= 11 is 0. The predicted molar refractivity (Wildman–Crippen MR) is 124 cm³/mol. The fraction of sp³-hybridized carbons (Fsp3) is 0.280. The van der Waals surface area contributed by atoms with Crippen LogP contribution in [0.2, 0.25) is 0 Å². The number of halogens is 3. The molecule has 0 saturated heterocycles. The van der Waals surface area contributed by atoms with Crippen molar-refractivity contribution in [1.82, 2.24) is 4.98 Å². The smallest absolute Gasteiger partial charge is 0.306 e. The van der Waals surface area contributed by atoms with Crippen molar-refractivity contribution in [3.8, 4) is 11.1 Å². The number of esters is 1. The van der Waals surface area contributed by atoms with Crippen LogP contribution in [0.5, 0.6) is 0 Å². The van der Waals surface area contributed by atoms with Crippen molar-refractivity contribution in [2.75, 3.05) is 0 Å². The molecule has 6 nitrogen and oxygen atoms in total. The standard InChI is InChI=1S/C25H25F3N2O4S/c1-25(2,3)34-23(31)13-17(9-15-10-18(26)14-19(27)11-15)24-20(5-4-8-30-24)16-6-7-21(28)22(12-16)35(29,32)33/h4-8,10-12,14,17H,9,13H2,1-3H3,(H2,29,32,33)/t17-/m1/s1. The second-order valence-electron chi connectivity index (χ2n) is 9.10. The first-order valence-corrected chi connectivity index (χ1v) is 12.2. The van der Waals surface area contributed by atoms with Crippen molar-refractivity contribution in [2.24, 2.45) is 5.14 Å². The fourth-order valence-electron chi connectivity index (χ4n) is 3.74. The normalized spacial score (nSPS) is 12.9. The molecule has 2 N–H and O–H groups in total. The Kier molecular flexibility index (Phi) is 7.66. The average molecular weight is 507 g/mol. The molecule has 0 aliphatic heterocycles. The third kappa shape index (κ3) is 7.12. The molecular formula is C25H25F3N2O4S. The lowest BCUT2D eigenvalue weighted by Crippen LogP contribution is -2.25. The van der Waals surface area contributed by atoms with Gasteiger partial charge in [0.2, 0.25) is 10.0 Å². The summed E-state index contributed by atoms with van der Waals surface area (Å²) in [6.07, 6.45) is 1.32. The molecule has 35 heavy (non-hydrogen) atoms. The van der Waals surface area contributed by atoms with Crippen LogP contribution < -0.4 is 5.14 Å². The zero-order valence-corrected chi connectivity index (χ0v) is 20.2. The lowest BCUT2D eigenvalue weighted by molar-refractivity contribution is -0.155. The molecule has 1 aromatic heterocycles. The summed E-state index contributed by atoms with van der Waals surface area (Å²) in [7, 11) is -4.35. The van der Waals surface area contributed by atoms with Crippen molar-refractivity contribution in [2.45, 2.75) is 50.0 Å². The molecule has 2 aromatic carbocycles. The SMILES string of the molecule is CC(C)(C)OC(=O)C[C@@H](Cc1cc(F)cc(F)c1)c1ncccc1-c1ccc(F)c(S(N)(=O)=O)c1. The van der Waals surface area contributed by atoms with E-state index in [1.165, 1.54) is 12.3 Å². The van der Waals surface area contributed by atoms with Gasteiger partial charge in [0.25, 0.3) is 0 Å². The average Bonchev–Trinajstić information content (AvgIpc) is 2.71. The van der Waals surface area contributed by atoms with Crippen LogP contribution in [0.15, 0.2) is 59.6 Å². The molecule has 0 amide bonds. The largest absolute Gasteiger partial charge is 0.460 e. The van der Waals surface area contributed by atoms with Gasteiger partial charge in [0.1, 0.15) is 27.9 Å². The van der Waals surface area contributed by atoms with E-state index >= 15 is 0 Å². The number of nitrogens with zero attached hydrogens (tertiary/aromatic N) is 1. The summed E-state index contributed by atoms with van der Waals surface area (Å²) in [5.41, 5.74) is 0.564. The van der Waals surface area contributed by atoms with Crippen molar-refractivity contribution in [1.29, 1.82) is 0 Å². The topological polar surface area (TPSA) is 99.3 Å². The minimum Gasteiger partial charge on any atom is -0.460 e. The quantitative estimate of drug-likeness (QED) is 0.461. The molecule has 1 heterocycles. The zero-order chi connectivity index (χ0) is 26.0. The second-order valence-corrected chi connectivity index (χ2v) is 10.6. The van der Waals surface area contributed by atoms with Gasteiger partial charge in [-0.15, -0.1) is 0 Å². The number of rotatable bonds is 7. The first kappa shape index (κ1) is 26.4. The highest BCUT2D eigenvalue weighted by molar-refractivity contribution is 7.89. The number of nitrogens with two attached hydrogens (primary N) is 1. The highest BCUT2D eigenvalue weighted by Gasteiger charge is 2.26. The number of hydrogen-bond donors (Lipinski definition) is 1. The van der Waals surface area contributed by atoms with Crippen molar-refractivity contribution < 1.29 is 31.1 Å². The summed E-state index contributed by atoms with van der Waals surface area (Å²) in [4.78, 5) is 16.4. The number of hydrogen-bond acceptors (Lipinski definition) is 5. The van der Waals surface area contributed by atoms with E-state index in [1.54, 1.807) is 32.9 Å². The molecule has 0 aliphatic carbocycles.